The van der Waals surface area contributed by atoms with Crippen LogP contribution in [0.15, 0.2) is 35.6 Å². The Labute approximate surface area is 175 Å². The second-order valence-corrected chi connectivity index (χ2v) is 6.86. The van der Waals surface area contributed by atoms with Crippen LogP contribution < -0.4 is 11.1 Å². The maximum absolute atomic E-state index is 14.9. The maximum Gasteiger partial charge on any atom is 0.428 e. The van der Waals surface area contributed by atoms with Crippen LogP contribution >= 0.6 is 0 Å². The number of benzene rings is 1. The van der Waals surface area contributed by atoms with Gasteiger partial charge in [0.25, 0.3) is 18.4 Å². The smallest absolute Gasteiger partial charge is 0.428 e. The van der Waals surface area contributed by atoms with E-state index in [2.05, 4.69) is 25.0 Å². The van der Waals surface area contributed by atoms with E-state index in [1.165, 1.54) is 0 Å². The highest BCUT2D eigenvalue weighted by molar-refractivity contribution is 6.02. The van der Waals surface area contributed by atoms with E-state index in [4.69, 9.17) is 5.73 Å². The zero-order valence-electron chi connectivity index (χ0n) is 16.0. The van der Waals surface area contributed by atoms with Crippen LogP contribution in [-0.4, -0.2) is 40.3 Å². The number of nitrogens with one attached hydrogen (secondary N) is 1. The Morgan fingerprint density at radius 2 is 1.94 bits per heavy atom. The van der Waals surface area contributed by atoms with Crippen molar-refractivity contribution in [2.24, 2.45) is 10.7 Å². The normalized spacial score (nSPS) is 23.5. The Morgan fingerprint density at radius 1 is 1.25 bits per heavy atom. The number of anilines is 1. The van der Waals surface area contributed by atoms with Crippen LogP contribution in [0.1, 0.15) is 35.1 Å². The molecular formula is C18H14F7N5O2. The number of ether oxygens (including phenoxy) is 1. The van der Waals surface area contributed by atoms with Crippen LogP contribution in [0, 0.1) is 5.82 Å². The summed E-state index contributed by atoms with van der Waals surface area (Å²) in [6.45, 7) is 0.893. The molecule has 0 saturated carbocycles. The summed E-state index contributed by atoms with van der Waals surface area (Å²) < 4.78 is 98.2. The molecule has 2 heterocycles. The number of aliphatic imine (C=N–C) groups is 1. The number of alkyl halides is 6. The van der Waals surface area contributed by atoms with E-state index < -0.39 is 59.4 Å². The second kappa shape index (κ2) is 8.24. The fourth-order valence-electron chi connectivity index (χ4n) is 3.00. The zero-order valence-corrected chi connectivity index (χ0v) is 16.0. The van der Waals surface area contributed by atoms with Gasteiger partial charge in [0.15, 0.2) is 6.17 Å². The van der Waals surface area contributed by atoms with Crippen LogP contribution in [0.5, 0.6) is 0 Å². The zero-order chi connectivity index (χ0) is 23.8. The summed E-state index contributed by atoms with van der Waals surface area (Å²) in [4.78, 5) is 22.7. The van der Waals surface area contributed by atoms with Crippen molar-refractivity contribution in [1.29, 1.82) is 0 Å². The molecule has 1 amide bonds. The van der Waals surface area contributed by atoms with Gasteiger partial charge in [0.1, 0.15) is 22.7 Å². The summed E-state index contributed by atoms with van der Waals surface area (Å²) >= 11 is 0. The molecule has 2 aromatic rings. The van der Waals surface area contributed by atoms with Crippen molar-refractivity contribution in [3.8, 4) is 0 Å². The molecule has 3 N–H and O–H groups in total. The van der Waals surface area contributed by atoms with Crippen LogP contribution in [0.4, 0.5) is 36.4 Å². The van der Waals surface area contributed by atoms with Gasteiger partial charge in [-0.2, -0.15) is 13.2 Å². The first-order chi connectivity index (χ1) is 14.8. The number of aromatic nitrogens is 2. The van der Waals surface area contributed by atoms with Crippen LogP contribution in [0.2, 0.25) is 0 Å². The van der Waals surface area contributed by atoms with E-state index in [0.29, 0.717) is 6.20 Å². The minimum atomic E-state index is -5.16. The first-order valence-corrected chi connectivity index (χ1v) is 8.77. The van der Waals surface area contributed by atoms with Gasteiger partial charge >= 0.3 is 6.18 Å². The van der Waals surface area contributed by atoms with Gasteiger partial charge in [-0.1, -0.05) is 0 Å². The molecule has 3 atom stereocenters. The Bertz CT molecular complexity index is 1050. The number of hydrogen-bond donors (Lipinski definition) is 2. The van der Waals surface area contributed by atoms with Gasteiger partial charge in [-0.15, -0.1) is 0 Å². The lowest BCUT2D eigenvalue weighted by Crippen LogP contribution is -2.55. The second-order valence-electron chi connectivity index (χ2n) is 6.86. The average molecular weight is 465 g/mol. The van der Waals surface area contributed by atoms with Crippen molar-refractivity contribution in [1.82, 2.24) is 9.97 Å². The Morgan fingerprint density at radius 3 is 2.50 bits per heavy atom. The summed E-state index contributed by atoms with van der Waals surface area (Å²) in [5.41, 5.74) is 0.997. The predicted molar refractivity (Wildman–Crippen MR) is 96.1 cm³/mol. The summed E-state index contributed by atoms with van der Waals surface area (Å²) in [7, 11) is 0. The number of rotatable bonds is 4. The molecule has 0 bridgehead atoms. The molecule has 0 radical (unpaired) electrons. The molecule has 3 rings (SSSR count). The van der Waals surface area contributed by atoms with Crippen molar-refractivity contribution >= 4 is 17.6 Å². The SMILES string of the molecule is CC1(c2cc(NC(=O)c3cnc(C(F)F)cn3)ccc2F)N=C(N)OC(C(F)(F)F)C1F. The number of halogens is 7. The Hall–Kier alpha value is -3.45. The van der Waals surface area contributed by atoms with Gasteiger partial charge in [-0.25, -0.2) is 27.5 Å². The van der Waals surface area contributed by atoms with Crippen molar-refractivity contribution in [3.05, 3.63) is 53.4 Å². The van der Waals surface area contributed by atoms with E-state index in [9.17, 15) is 35.5 Å². The lowest BCUT2D eigenvalue weighted by atomic mass is 9.83. The van der Waals surface area contributed by atoms with E-state index in [0.717, 1.165) is 31.3 Å². The van der Waals surface area contributed by atoms with Gasteiger partial charge in [0.2, 0.25) is 6.10 Å². The molecule has 1 aromatic carbocycles. The fourth-order valence-corrected chi connectivity index (χ4v) is 3.00. The third-order valence-electron chi connectivity index (χ3n) is 4.61. The summed E-state index contributed by atoms with van der Waals surface area (Å²) in [6, 6.07) is 1.70. The molecule has 7 nitrogen and oxygen atoms in total. The standard InChI is InChI=1S/C18H14F7N5O2/c1-17(12(20)13(18(23,24)25)32-16(26)30-17)8-4-7(2-3-9(8)19)29-15(31)11-6-27-10(5-28-11)14(21)22/h2-6,12-14H,1H3,(H2,26,30)(H,29,31). The first kappa shape index (κ1) is 23.2. The van der Waals surface area contributed by atoms with Crippen molar-refractivity contribution in [2.75, 3.05) is 5.32 Å². The average Bonchev–Trinajstić information content (AvgIpc) is 2.71. The van der Waals surface area contributed by atoms with Gasteiger partial charge < -0.3 is 15.8 Å². The quantitative estimate of drug-likeness (QED) is 0.672. The highest BCUT2D eigenvalue weighted by Crippen LogP contribution is 2.43. The Balaban J connectivity index is 1.93. The highest BCUT2D eigenvalue weighted by atomic mass is 19.4. The third-order valence-corrected chi connectivity index (χ3v) is 4.61. The summed E-state index contributed by atoms with van der Waals surface area (Å²) in [6.07, 6.45) is -12.5. The number of hydrogen-bond acceptors (Lipinski definition) is 6. The number of amides is 1. The molecule has 0 fully saturated rings. The number of nitrogens with two attached hydrogens (primary N) is 1. The molecule has 3 unspecified atom stereocenters. The van der Waals surface area contributed by atoms with E-state index in [1.807, 2.05) is 0 Å². The molecular weight excluding hydrogens is 451 g/mol. The molecule has 0 spiro atoms. The number of carbonyl (C=O) groups excluding carboxylic acids is 1. The van der Waals surface area contributed by atoms with Crippen LogP contribution in [0.3, 0.4) is 0 Å². The number of carbonyl (C=O) groups is 1. The minimum Gasteiger partial charge on any atom is -0.449 e. The molecule has 14 heteroatoms. The topological polar surface area (TPSA) is 102 Å². The van der Waals surface area contributed by atoms with Gasteiger partial charge in [-0.3, -0.25) is 9.78 Å². The van der Waals surface area contributed by atoms with Gasteiger partial charge in [0.05, 0.1) is 12.4 Å². The van der Waals surface area contributed by atoms with E-state index >= 15 is 0 Å². The monoisotopic (exact) mass is 465 g/mol. The Kier molecular flexibility index (Phi) is 5.98. The lowest BCUT2D eigenvalue weighted by molar-refractivity contribution is -0.227. The predicted octanol–water partition coefficient (Wildman–Crippen LogP) is 3.63. The molecule has 0 aliphatic carbocycles. The maximum atomic E-state index is 14.9. The fraction of sp³-hybridized carbons (Fsp3) is 0.333. The molecule has 0 saturated heterocycles. The molecule has 1 aliphatic rings. The summed E-state index contributed by atoms with van der Waals surface area (Å²) in [5.74, 6) is -2.06. The van der Waals surface area contributed by atoms with Crippen molar-refractivity contribution in [3.63, 3.8) is 0 Å². The number of amidine groups is 1. The molecule has 1 aromatic heterocycles. The van der Waals surface area contributed by atoms with Crippen LogP contribution in [-0.2, 0) is 10.3 Å². The minimum absolute atomic E-state index is 0.164. The molecule has 172 valence electrons. The van der Waals surface area contributed by atoms with E-state index in [-0.39, 0.29) is 11.4 Å². The first-order valence-electron chi connectivity index (χ1n) is 8.77. The lowest BCUT2D eigenvalue weighted by Gasteiger charge is -2.39. The molecule has 32 heavy (non-hydrogen) atoms. The number of nitrogens with zero attached hydrogens (tertiary/aromatic N) is 3. The summed E-state index contributed by atoms with van der Waals surface area (Å²) in [5, 5.41) is 2.25. The highest BCUT2D eigenvalue weighted by Gasteiger charge is 2.58. The van der Waals surface area contributed by atoms with E-state index in [1.54, 1.807) is 0 Å². The van der Waals surface area contributed by atoms with Crippen LogP contribution in [0.25, 0.3) is 0 Å². The van der Waals surface area contributed by atoms with Crippen molar-refractivity contribution in [2.45, 2.75) is 37.3 Å². The van der Waals surface area contributed by atoms with Gasteiger partial charge in [-0.05, 0) is 25.1 Å². The van der Waals surface area contributed by atoms with Gasteiger partial charge in [0, 0.05) is 11.3 Å². The largest absolute Gasteiger partial charge is 0.449 e. The third kappa shape index (κ3) is 4.43. The van der Waals surface area contributed by atoms with Crippen molar-refractivity contribution < 1.29 is 40.3 Å². The molecule has 1 aliphatic heterocycles.